The van der Waals surface area contributed by atoms with Crippen molar-refractivity contribution < 1.29 is 22.4 Å². The maximum atomic E-state index is 13.6. The molecule has 0 bridgehead atoms. The molecule has 142 valence electrons. The van der Waals surface area contributed by atoms with Crippen LogP contribution in [0.15, 0.2) is 18.2 Å². The normalized spacial score (nSPS) is 14.6. The van der Waals surface area contributed by atoms with Gasteiger partial charge in [0.05, 0.1) is 13.0 Å². The molecule has 4 rings (SSSR count). The van der Waals surface area contributed by atoms with Gasteiger partial charge in [-0.15, -0.1) is 10.2 Å². The number of fused-ring (bicyclic) bond motifs is 2. The van der Waals surface area contributed by atoms with E-state index in [1.54, 1.807) is 13.0 Å². The first-order chi connectivity index (χ1) is 12.7. The van der Waals surface area contributed by atoms with Crippen LogP contribution in [0.25, 0.3) is 10.9 Å². The molecule has 3 aromatic rings. The Balaban J connectivity index is 1.56. The smallest absolute Gasteiger partial charge is 0.358 e. The summed E-state index contributed by atoms with van der Waals surface area (Å²) in [6.45, 7) is 1.85. The van der Waals surface area contributed by atoms with Gasteiger partial charge in [0.15, 0.2) is 5.82 Å². The quantitative estimate of drug-likeness (QED) is 0.695. The predicted molar refractivity (Wildman–Crippen MR) is 87.1 cm³/mol. The Kier molecular flexibility index (Phi) is 3.93. The first-order valence-electron chi connectivity index (χ1n) is 8.28. The number of aromatic amines is 1. The van der Waals surface area contributed by atoms with Crippen LogP contribution >= 0.6 is 0 Å². The second-order valence-electron chi connectivity index (χ2n) is 6.50. The first-order valence-corrected chi connectivity index (χ1v) is 8.28. The summed E-state index contributed by atoms with van der Waals surface area (Å²) in [6.07, 6.45) is -4.56. The highest BCUT2D eigenvalue weighted by Crippen LogP contribution is 2.30. The fourth-order valence-corrected chi connectivity index (χ4v) is 3.43. The molecular formula is C17H15F4N5O. The molecule has 1 N–H and O–H groups in total. The Bertz CT molecular complexity index is 1040. The van der Waals surface area contributed by atoms with Crippen molar-refractivity contribution in [2.45, 2.75) is 32.6 Å². The van der Waals surface area contributed by atoms with E-state index in [1.165, 1.54) is 17.0 Å². The zero-order valence-electron chi connectivity index (χ0n) is 14.3. The van der Waals surface area contributed by atoms with Crippen LogP contribution < -0.4 is 0 Å². The van der Waals surface area contributed by atoms with Crippen molar-refractivity contribution in [2.24, 2.45) is 0 Å². The van der Waals surface area contributed by atoms with Crippen molar-refractivity contribution in [3.63, 3.8) is 0 Å². The van der Waals surface area contributed by atoms with E-state index in [1.807, 2.05) is 0 Å². The van der Waals surface area contributed by atoms with E-state index < -0.39 is 17.8 Å². The minimum Gasteiger partial charge on any atom is -0.358 e. The number of carbonyl (C=O) groups is 1. The summed E-state index contributed by atoms with van der Waals surface area (Å²) in [6, 6.07) is 4.30. The molecule has 1 amide bonds. The van der Waals surface area contributed by atoms with Crippen molar-refractivity contribution in [1.82, 2.24) is 24.6 Å². The largest absolute Gasteiger partial charge is 0.451 e. The molecule has 6 nitrogen and oxygen atoms in total. The standard InChI is InChI=1S/C17H15F4N5O/c1-9-11(12-6-10(18)2-3-13(12)22-9)7-15(27)25-4-5-26-14(8-25)23-24-16(26)17(19,20)21/h2-3,6,22H,4-5,7-8H2,1H3. The third-order valence-electron chi connectivity index (χ3n) is 4.77. The van der Waals surface area contributed by atoms with Crippen molar-refractivity contribution in [1.29, 1.82) is 0 Å². The molecule has 2 aromatic heterocycles. The zero-order chi connectivity index (χ0) is 19.3. The molecule has 27 heavy (non-hydrogen) atoms. The van der Waals surface area contributed by atoms with Gasteiger partial charge < -0.3 is 14.5 Å². The van der Waals surface area contributed by atoms with Gasteiger partial charge in [0.25, 0.3) is 0 Å². The predicted octanol–water partition coefficient (Wildman–Crippen LogP) is 2.81. The Labute approximate surface area is 150 Å². The number of carbonyl (C=O) groups excluding carboxylic acids is 1. The van der Waals surface area contributed by atoms with Crippen molar-refractivity contribution in [2.75, 3.05) is 6.54 Å². The van der Waals surface area contributed by atoms with E-state index in [9.17, 15) is 22.4 Å². The Morgan fingerprint density at radius 1 is 1.26 bits per heavy atom. The number of benzene rings is 1. The highest BCUT2D eigenvalue weighted by atomic mass is 19.4. The molecule has 0 aliphatic carbocycles. The topological polar surface area (TPSA) is 66.8 Å². The summed E-state index contributed by atoms with van der Waals surface area (Å²) in [5, 5.41) is 7.41. The van der Waals surface area contributed by atoms with Gasteiger partial charge in [-0.3, -0.25) is 4.79 Å². The molecule has 0 spiro atoms. The minimum absolute atomic E-state index is 0.0234. The van der Waals surface area contributed by atoms with Gasteiger partial charge in [-0.25, -0.2) is 4.39 Å². The molecule has 1 aromatic carbocycles. The van der Waals surface area contributed by atoms with Crippen LogP contribution in [0.3, 0.4) is 0 Å². The summed E-state index contributed by atoms with van der Waals surface area (Å²) in [4.78, 5) is 17.3. The van der Waals surface area contributed by atoms with Crippen molar-refractivity contribution in [3.05, 3.63) is 46.9 Å². The average molecular weight is 381 g/mol. The Hall–Kier alpha value is -2.91. The molecule has 0 unspecified atom stereocenters. The monoisotopic (exact) mass is 381 g/mol. The number of H-pyrrole nitrogens is 1. The molecule has 0 fully saturated rings. The average Bonchev–Trinajstić information content (AvgIpc) is 3.16. The van der Waals surface area contributed by atoms with Crippen LogP contribution in [0.1, 0.15) is 22.9 Å². The molecule has 0 radical (unpaired) electrons. The fourth-order valence-electron chi connectivity index (χ4n) is 3.43. The second kappa shape index (κ2) is 6.07. The lowest BCUT2D eigenvalue weighted by molar-refractivity contribution is -0.148. The van der Waals surface area contributed by atoms with E-state index in [0.29, 0.717) is 10.9 Å². The maximum absolute atomic E-state index is 13.6. The zero-order valence-corrected chi connectivity index (χ0v) is 14.3. The molecule has 1 aliphatic rings. The molecule has 1 aliphatic heterocycles. The molecule has 0 saturated carbocycles. The molecule has 0 atom stereocenters. The lowest BCUT2D eigenvalue weighted by Gasteiger charge is -2.28. The number of nitrogens with one attached hydrogen (secondary N) is 1. The van der Waals surface area contributed by atoms with Crippen LogP contribution in [0.2, 0.25) is 0 Å². The Morgan fingerprint density at radius 3 is 2.78 bits per heavy atom. The van der Waals surface area contributed by atoms with Gasteiger partial charge in [-0.2, -0.15) is 13.2 Å². The van der Waals surface area contributed by atoms with E-state index in [4.69, 9.17) is 0 Å². The number of nitrogens with zero attached hydrogens (tertiary/aromatic N) is 4. The summed E-state index contributed by atoms with van der Waals surface area (Å²) < 4.78 is 53.3. The number of alkyl halides is 3. The Morgan fingerprint density at radius 2 is 2.04 bits per heavy atom. The van der Waals surface area contributed by atoms with Gasteiger partial charge in [0, 0.05) is 29.7 Å². The SMILES string of the molecule is Cc1[nH]c2ccc(F)cc2c1CC(=O)N1CCn2c(nnc2C(F)(F)F)C1. The van der Waals surface area contributed by atoms with Gasteiger partial charge in [0.2, 0.25) is 11.7 Å². The van der Waals surface area contributed by atoms with Gasteiger partial charge >= 0.3 is 6.18 Å². The van der Waals surface area contributed by atoms with E-state index in [-0.39, 0.29) is 37.8 Å². The summed E-state index contributed by atoms with van der Waals surface area (Å²) in [5.41, 5.74) is 2.16. The van der Waals surface area contributed by atoms with Gasteiger partial charge in [-0.1, -0.05) is 0 Å². The van der Waals surface area contributed by atoms with Crippen LogP contribution in [0.4, 0.5) is 17.6 Å². The highest BCUT2D eigenvalue weighted by Gasteiger charge is 2.39. The van der Waals surface area contributed by atoms with E-state index in [2.05, 4.69) is 15.2 Å². The summed E-state index contributed by atoms with van der Waals surface area (Å²) in [5.74, 6) is -1.61. The summed E-state index contributed by atoms with van der Waals surface area (Å²) >= 11 is 0. The second-order valence-corrected chi connectivity index (χ2v) is 6.50. The number of aryl methyl sites for hydroxylation is 1. The lowest BCUT2D eigenvalue weighted by atomic mass is 10.1. The van der Waals surface area contributed by atoms with Gasteiger partial charge in [-0.05, 0) is 30.7 Å². The van der Waals surface area contributed by atoms with Gasteiger partial charge in [0.1, 0.15) is 5.82 Å². The number of halogens is 4. The number of amides is 1. The molecule has 0 saturated heterocycles. The third kappa shape index (κ3) is 3.04. The number of hydrogen-bond donors (Lipinski definition) is 1. The van der Waals surface area contributed by atoms with Crippen LogP contribution in [-0.4, -0.2) is 37.1 Å². The van der Waals surface area contributed by atoms with Crippen molar-refractivity contribution >= 4 is 16.8 Å². The first kappa shape index (κ1) is 17.5. The fraction of sp³-hybridized carbons (Fsp3) is 0.353. The van der Waals surface area contributed by atoms with E-state index >= 15 is 0 Å². The molecular weight excluding hydrogens is 366 g/mol. The van der Waals surface area contributed by atoms with Crippen LogP contribution in [0.5, 0.6) is 0 Å². The number of hydrogen-bond acceptors (Lipinski definition) is 3. The lowest BCUT2D eigenvalue weighted by Crippen LogP contribution is -2.40. The summed E-state index contributed by atoms with van der Waals surface area (Å²) in [7, 11) is 0. The molecule has 10 heteroatoms. The molecule has 3 heterocycles. The highest BCUT2D eigenvalue weighted by molar-refractivity contribution is 5.90. The van der Waals surface area contributed by atoms with Crippen molar-refractivity contribution in [3.8, 4) is 0 Å². The van der Waals surface area contributed by atoms with E-state index in [0.717, 1.165) is 15.8 Å². The van der Waals surface area contributed by atoms with Crippen LogP contribution in [0, 0.1) is 12.7 Å². The maximum Gasteiger partial charge on any atom is 0.451 e. The third-order valence-corrected chi connectivity index (χ3v) is 4.77. The number of aromatic nitrogens is 4. The minimum atomic E-state index is -4.58. The number of rotatable bonds is 2. The van der Waals surface area contributed by atoms with Crippen LogP contribution in [-0.2, 0) is 30.5 Å².